The first-order valence-electron chi connectivity index (χ1n) is 14.0. The predicted molar refractivity (Wildman–Crippen MR) is 152 cm³/mol. The maximum absolute atomic E-state index is 14.2. The molecule has 0 radical (unpaired) electrons. The molecule has 1 unspecified atom stereocenters. The van der Waals surface area contributed by atoms with Gasteiger partial charge in [0.2, 0.25) is 10.0 Å². The number of hydrogen-bond donors (Lipinski definition) is 1. The first-order chi connectivity index (χ1) is 19.2. The molecule has 0 aromatic heterocycles. The third-order valence-corrected chi connectivity index (χ3v) is 11.5. The Morgan fingerprint density at radius 3 is 2.65 bits per heavy atom. The van der Waals surface area contributed by atoms with Crippen molar-refractivity contribution in [3.63, 3.8) is 0 Å². The lowest BCUT2D eigenvalue weighted by Gasteiger charge is -2.48. The number of sulfonamides is 1. The minimum atomic E-state index is -3.70. The molecule has 0 spiro atoms. The molecule has 2 fully saturated rings. The number of fused-ring (bicyclic) bond motifs is 2. The molecule has 9 heteroatoms. The number of piperazine rings is 1. The van der Waals surface area contributed by atoms with Crippen LogP contribution in [0.2, 0.25) is 0 Å². The van der Waals surface area contributed by atoms with Gasteiger partial charge in [0, 0.05) is 38.1 Å². The van der Waals surface area contributed by atoms with E-state index in [2.05, 4.69) is 11.4 Å². The number of nitrogens with zero attached hydrogens (tertiary/aromatic N) is 2. The summed E-state index contributed by atoms with van der Waals surface area (Å²) in [5.41, 5.74) is 4.07. The Kier molecular flexibility index (Phi) is 7.19. The number of allylic oxidation sites excluding steroid dienone is 3. The lowest BCUT2D eigenvalue weighted by atomic mass is 9.87. The van der Waals surface area contributed by atoms with Crippen molar-refractivity contribution in [1.29, 1.82) is 0 Å². The van der Waals surface area contributed by atoms with Gasteiger partial charge in [-0.25, -0.2) is 12.8 Å². The summed E-state index contributed by atoms with van der Waals surface area (Å²) in [6, 6.07) is 13.4. The Hall–Kier alpha value is -2.85. The molecule has 6 rings (SSSR count). The molecule has 5 atom stereocenters. The summed E-state index contributed by atoms with van der Waals surface area (Å²) in [4.78, 5) is 16.0. The van der Waals surface area contributed by atoms with Gasteiger partial charge in [0.1, 0.15) is 16.7 Å². The van der Waals surface area contributed by atoms with E-state index in [9.17, 15) is 17.6 Å². The van der Waals surface area contributed by atoms with Gasteiger partial charge in [0.05, 0.1) is 12.6 Å². The number of carbonyl (C=O) groups excluding carboxylic acids is 1. The standard InChI is InChI=1S/C31H36FN3O4S/c1-21-11-14-31(2,15-12-21)40(37,38)35-18-16-33-26-20-39-28(19-27(26)35)30(36)34-17-13-22-5-3-4-6-25(22)29(34)23-7-9-24(32)10-8-23/h3-12,14,26-29,33H,13,15-20H2,1-2H3/t26-,27-,28+,29-,31?/m0/s1. The van der Waals surface area contributed by atoms with Crippen LogP contribution in [0.25, 0.3) is 0 Å². The number of ether oxygens (including phenoxy) is 1. The first kappa shape index (κ1) is 27.3. The van der Waals surface area contributed by atoms with E-state index in [1.54, 1.807) is 29.4 Å². The predicted octanol–water partition coefficient (Wildman–Crippen LogP) is 3.73. The van der Waals surface area contributed by atoms with E-state index >= 15 is 0 Å². The molecule has 2 saturated heterocycles. The highest BCUT2D eigenvalue weighted by Crippen LogP contribution is 2.39. The second kappa shape index (κ2) is 10.5. The molecular weight excluding hydrogens is 529 g/mol. The molecule has 0 saturated carbocycles. The average Bonchev–Trinajstić information content (AvgIpc) is 2.97. The van der Waals surface area contributed by atoms with Crippen molar-refractivity contribution in [2.24, 2.45) is 0 Å². The fourth-order valence-corrected chi connectivity index (χ4v) is 8.54. The second-order valence-corrected chi connectivity index (χ2v) is 13.9. The zero-order valence-electron chi connectivity index (χ0n) is 22.9. The smallest absolute Gasteiger partial charge is 0.252 e. The zero-order valence-corrected chi connectivity index (χ0v) is 23.7. The summed E-state index contributed by atoms with van der Waals surface area (Å²) >= 11 is 0. The third-order valence-electron chi connectivity index (χ3n) is 8.96. The minimum Gasteiger partial charge on any atom is -0.367 e. The van der Waals surface area contributed by atoms with Crippen LogP contribution in [0, 0.1) is 5.82 Å². The van der Waals surface area contributed by atoms with Gasteiger partial charge in [-0.2, -0.15) is 4.31 Å². The Morgan fingerprint density at radius 1 is 1.12 bits per heavy atom. The molecule has 212 valence electrons. The van der Waals surface area contributed by atoms with Crippen LogP contribution < -0.4 is 5.32 Å². The number of nitrogens with one attached hydrogen (secondary N) is 1. The number of benzene rings is 2. The molecule has 1 amide bonds. The van der Waals surface area contributed by atoms with Crippen LogP contribution in [0.15, 0.2) is 72.3 Å². The molecule has 3 heterocycles. The second-order valence-electron chi connectivity index (χ2n) is 11.5. The summed E-state index contributed by atoms with van der Waals surface area (Å²) < 4.78 is 48.6. The topological polar surface area (TPSA) is 79.0 Å². The molecule has 2 aromatic rings. The fourth-order valence-electron chi connectivity index (χ4n) is 6.55. The molecule has 2 aromatic carbocycles. The summed E-state index contributed by atoms with van der Waals surface area (Å²) in [6.45, 7) is 5.39. The number of amides is 1. The zero-order chi connectivity index (χ0) is 28.1. The highest BCUT2D eigenvalue weighted by molar-refractivity contribution is 7.90. The van der Waals surface area contributed by atoms with Crippen LogP contribution in [0.5, 0.6) is 0 Å². The van der Waals surface area contributed by atoms with Crippen molar-refractivity contribution < 1.29 is 22.3 Å². The highest BCUT2D eigenvalue weighted by Gasteiger charge is 2.50. The van der Waals surface area contributed by atoms with Crippen LogP contribution in [-0.2, 0) is 26.0 Å². The fraction of sp³-hybridized carbons (Fsp3) is 0.452. The Labute approximate surface area is 235 Å². The van der Waals surface area contributed by atoms with Crippen molar-refractivity contribution in [2.45, 2.75) is 62.1 Å². The number of rotatable bonds is 4. The van der Waals surface area contributed by atoms with Gasteiger partial charge >= 0.3 is 0 Å². The van der Waals surface area contributed by atoms with Gasteiger partial charge in [-0.1, -0.05) is 60.2 Å². The number of hydrogen-bond acceptors (Lipinski definition) is 5. The monoisotopic (exact) mass is 565 g/mol. The van der Waals surface area contributed by atoms with Gasteiger partial charge in [-0.15, -0.1) is 0 Å². The van der Waals surface area contributed by atoms with Crippen molar-refractivity contribution in [3.8, 4) is 0 Å². The molecule has 40 heavy (non-hydrogen) atoms. The Bertz CT molecular complexity index is 1460. The van der Waals surface area contributed by atoms with Crippen LogP contribution in [0.1, 0.15) is 49.4 Å². The quantitative estimate of drug-likeness (QED) is 0.612. The van der Waals surface area contributed by atoms with E-state index in [-0.39, 0.29) is 42.9 Å². The van der Waals surface area contributed by atoms with E-state index in [4.69, 9.17) is 4.74 Å². The highest BCUT2D eigenvalue weighted by atomic mass is 32.2. The van der Waals surface area contributed by atoms with E-state index in [0.29, 0.717) is 32.5 Å². The number of carbonyl (C=O) groups is 1. The van der Waals surface area contributed by atoms with Crippen LogP contribution in [0.4, 0.5) is 4.39 Å². The Morgan fingerprint density at radius 2 is 1.90 bits per heavy atom. The van der Waals surface area contributed by atoms with Gasteiger partial charge < -0.3 is 15.0 Å². The number of halogens is 1. The van der Waals surface area contributed by atoms with Crippen molar-refractivity contribution in [3.05, 3.63) is 94.8 Å². The minimum absolute atomic E-state index is 0.160. The van der Waals surface area contributed by atoms with Crippen molar-refractivity contribution >= 4 is 15.9 Å². The molecule has 1 aliphatic carbocycles. The molecular formula is C31H36FN3O4S. The molecule has 7 nitrogen and oxygen atoms in total. The molecule has 1 N–H and O–H groups in total. The van der Waals surface area contributed by atoms with E-state index in [1.165, 1.54) is 12.1 Å². The van der Waals surface area contributed by atoms with E-state index < -0.39 is 20.9 Å². The van der Waals surface area contributed by atoms with Gasteiger partial charge in [0.25, 0.3) is 5.91 Å². The van der Waals surface area contributed by atoms with Crippen LogP contribution >= 0.6 is 0 Å². The lowest BCUT2D eigenvalue weighted by Crippen LogP contribution is -2.67. The summed E-state index contributed by atoms with van der Waals surface area (Å²) in [5.74, 6) is -0.488. The van der Waals surface area contributed by atoms with E-state index in [0.717, 1.165) is 22.3 Å². The van der Waals surface area contributed by atoms with E-state index in [1.807, 2.05) is 42.2 Å². The summed E-state index contributed by atoms with van der Waals surface area (Å²) in [5, 5.41) is 3.42. The average molecular weight is 566 g/mol. The van der Waals surface area contributed by atoms with Crippen molar-refractivity contribution in [1.82, 2.24) is 14.5 Å². The first-order valence-corrected chi connectivity index (χ1v) is 15.5. The maximum atomic E-state index is 14.2. The molecule has 3 aliphatic heterocycles. The van der Waals surface area contributed by atoms with Crippen LogP contribution in [-0.4, -0.2) is 72.7 Å². The SMILES string of the molecule is CC1=CCC(C)(S(=O)(=O)N2CCN[C@H]3CO[C@@H](C(=O)N4CCc5ccccc5[C@@H]4c4ccc(F)cc4)C[C@@H]32)C=C1. The van der Waals surface area contributed by atoms with Gasteiger partial charge in [-0.3, -0.25) is 4.79 Å². The normalized spacial score (nSPS) is 30.8. The molecule has 0 bridgehead atoms. The largest absolute Gasteiger partial charge is 0.367 e. The van der Waals surface area contributed by atoms with Crippen molar-refractivity contribution in [2.75, 3.05) is 26.2 Å². The third kappa shape index (κ3) is 4.72. The van der Waals surface area contributed by atoms with Crippen LogP contribution in [0.3, 0.4) is 0 Å². The maximum Gasteiger partial charge on any atom is 0.252 e. The van der Waals surface area contributed by atoms with Gasteiger partial charge in [-0.05, 0) is 55.5 Å². The molecule has 4 aliphatic rings. The lowest BCUT2D eigenvalue weighted by molar-refractivity contribution is -0.152. The summed E-state index contributed by atoms with van der Waals surface area (Å²) in [6.07, 6.45) is 6.28. The summed E-state index contributed by atoms with van der Waals surface area (Å²) in [7, 11) is -3.70. The Balaban J connectivity index is 1.28. The van der Waals surface area contributed by atoms with Gasteiger partial charge in [0.15, 0.2) is 0 Å².